The van der Waals surface area contributed by atoms with Crippen molar-refractivity contribution in [1.29, 1.82) is 0 Å². The molecule has 0 aliphatic rings. The van der Waals surface area contributed by atoms with E-state index in [1.54, 1.807) is 0 Å². The topological polar surface area (TPSA) is 68.0 Å². The molecule has 1 N–H and O–H groups in total. The molecule has 2 aromatic carbocycles. The van der Waals surface area contributed by atoms with Gasteiger partial charge in [0.1, 0.15) is 27.9 Å². The molecular weight excluding hydrogens is 447 g/mol. The SMILES string of the molecule is O=c1c2scnc2nc(SCc2c(F)cc(F)cc2F)n1-c1ccc(O)cc1Cl. The van der Waals surface area contributed by atoms with Crippen molar-refractivity contribution in [3.05, 3.63) is 74.2 Å². The zero-order chi connectivity index (χ0) is 20.7. The first-order chi connectivity index (χ1) is 13.8. The Morgan fingerprint density at radius 2 is 1.90 bits per heavy atom. The molecule has 0 unspecified atom stereocenters. The molecule has 0 radical (unpaired) electrons. The number of thioether (sulfide) groups is 1. The Kier molecular flexibility index (Phi) is 5.24. The monoisotopic (exact) mass is 455 g/mol. The summed E-state index contributed by atoms with van der Waals surface area (Å²) in [6.07, 6.45) is 0. The number of aromatic nitrogens is 3. The van der Waals surface area contributed by atoms with Crippen LogP contribution in [0.5, 0.6) is 5.75 Å². The van der Waals surface area contributed by atoms with Gasteiger partial charge in [0.25, 0.3) is 5.56 Å². The van der Waals surface area contributed by atoms with Gasteiger partial charge < -0.3 is 5.11 Å². The number of aromatic hydroxyl groups is 1. The lowest BCUT2D eigenvalue weighted by Crippen LogP contribution is -2.21. The van der Waals surface area contributed by atoms with Crippen molar-refractivity contribution in [3.8, 4) is 11.4 Å². The summed E-state index contributed by atoms with van der Waals surface area (Å²) in [5, 5.41) is 9.75. The zero-order valence-electron chi connectivity index (χ0n) is 14.2. The minimum Gasteiger partial charge on any atom is -0.508 e. The zero-order valence-corrected chi connectivity index (χ0v) is 16.6. The van der Waals surface area contributed by atoms with Crippen LogP contribution in [0, 0.1) is 17.5 Å². The molecule has 0 saturated carbocycles. The normalized spacial score (nSPS) is 11.3. The molecule has 4 aromatic rings. The summed E-state index contributed by atoms with van der Waals surface area (Å²) in [4.78, 5) is 21.3. The van der Waals surface area contributed by atoms with Crippen molar-refractivity contribution in [2.24, 2.45) is 0 Å². The van der Waals surface area contributed by atoms with E-state index in [0.29, 0.717) is 12.1 Å². The summed E-state index contributed by atoms with van der Waals surface area (Å²) >= 11 is 8.15. The van der Waals surface area contributed by atoms with Gasteiger partial charge in [0, 0.05) is 29.5 Å². The van der Waals surface area contributed by atoms with Crippen LogP contribution in [0.3, 0.4) is 0 Å². The molecule has 0 aliphatic heterocycles. The van der Waals surface area contributed by atoms with Crippen molar-refractivity contribution >= 4 is 45.0 Å². The number of rotatable bonds is 4. The second-order valence-electron chi connectivity index (χ2n) is 5.81. The summed E-state index contributed by atoms with van der Waals surface area (Å²) < 4.78 is 42.6. The first-order valence-corrected chi connectivity index (χ1v) is 10.2. The fourth-order valence-corrected chi connectivity index (χ4v) is 4.55. The van der Waals surface area contributed by atoms with Crippen LogP contribution in [-0.2, 0) is 5.75 Å². The van der Waals surface area contributed by atoms with Crippen molar-refractivity contribution in [2.45, 2.75) is 10.9 Å². The van der Waals surface area contributed by atoms with Crippen LogP contribution in [0.1, 0.15) is 5.56 Å². The van der Waals surface area contributed by atoms with Crippen LogP contribution >= 0.6 is 34.7 Å². The van der Waals surface area contributed by atoms with Crippen molar-refractivity contribution < 1.29 is 18.3 Å². The third kappa shape index (κ3) is 3.70. The maximum Gasteiger partial charge on any atom is 0.278 e. The van der Waals surface area contributed by atoms with Gasteiger partial charge >= 0.3 is 0 Å². The van der Waals surface area contributed by atoms with Crippen LogP contribution in [0.15, 0.2) is 45.8 Å². The number of hydrogen-bond donors (Lipinski definition) is 1. The number of phenolic OH excluding ortho intramolecular Hbond substituents is 1. The second kappa shape index (κ2) is 7.69. The quantitative estimate of drug-likeness (QED) is 0.350. The molecule has 0 fully saturated rings. The molecular formula is C18H9ClF3N3O2S2. The van der Waals surface area contributed by atoms with E-state index in [9.17, 15) is 23.1 Å². The average Bonchev–Trinajstić information content (AvgIpc) is 3.11. The van der Waals surface area contributed by atoms with E-state index in [-0.39, 0.29) is 43.3 Å². The molecule has 0 spiro atoms. The summed E-state index contributed by atoms with van der Waals surface area (Å²) in [5.74, 6) is -3.45. The van der Waals surface area contributed by atoms with Gasteiger partial charge in [-0.2, -0.15) is 0 Å². The van der Waals surface area contributed by atoms with Gasteiger partial charge in [-0.3, -0.25) is 9.36 Å². The highest BCUT2D eigenvalue weighted by atomic mass is 35.5. The third-order valence-corrected chi connectivity index (χ3v) is 6.03. The molecule has 0 saturated heterocycles. The van der Waals surface area contributed by atoms with Gasteiger partial charge in [0.2, 0.25) is 0 Å². The lowest BCUT2D eigenvalue weighted by Gasteiger charge is -2.13. The van der Waals surface area contributed by atoms with Crippen LogP contribution in [0.4, 0.5) is 13.2 Å². The molecule has 11 heteroatoms. The molecule has 0 amide bonds. The molecule has 0 aliphatic carbocycles. The fourth-order valence-electron chi connectivity index (χ4n) is 2.63. The van der Waals surface area contributed by atoms with Crippen LogP contribution < -0.4 is 5.56 Å². The molecule has 0 atom stereocenters. The Morgan fingerprint density at radius 1 is 1.17 bits per heavy atom. The molecule has 2 aromatic heterocycles. The maximum absolute atomic E-state index is 14.0. The van der Waals surface area contributed by atoms with Crippen LogP contribution in [0.2, 0.25) is 5.02 Å². The average molecular weight is 456 g/mol. The van der Waals surface area contributed by atoms with Crippen molar-refractivity contribution in [1.82, 2.24) is 14.5 Å². The molecule has 2 heterocycles. The van der Waals surface area contributed by atoms with Gasteiger partial charge in [-0.05, 0) is 12.1 Å². The summed E-state index contributed by atoms with van der Waals surface area (Å²) in [7, 11) is 0. The fraction of sp³-hybridized carbons (Fsp3) is 0.0556. The lowest BCUT2D eigenvalue weighted by atomic mass is 10.2. The van der Waals surface area contributed by atoms with Crippen LogP contribution in [-0.4, -0.2) is 19.6 Å². The second-order valence-corrected chi connectivity index (χ2v) is 8.02. The summed E-state index contributed by atoms with van der Waals surface area (Å²) in [6.45, 7) is 0. The van der Waals surface area contributed by atoms with E-state index in [1.165, 1.54) is 28.3 Å². The molecule has 29 heavy (non-hydrogen) atoms. The summed E-state index contributed by atoms with van der Waals surface area (Å²) in [6, 6.07) is 5.20. The van der Waals surface area contributed by atoms with E-state index in [1.807, 2.05) is 0 Å². The molecule has 0 bridgehead atoms. The Morgan fingerprint density at radius 3 is 2.59 bits per heavy atom. The van der Waals surface area contributed by atoms with Gasteiger partial charge in [-0.1, -0.05) is 23.4 Å². The number of hydrogen-bond acceptors (Lipinski definition) is 6. The van der Waals surface area contributed by atoms with E-state index in [2.05, 4.69) is 9.97 Å². The number of phenols is 1. The highest BCUT2D eigenvalue weighted by molar-refractivity contribution is 7.98. The van der Waals surface area contributed by atoms with Gasteiger partial charge in [0.15, 0.2) is 10.8 Å². The van der Waals surface area contributed by atoms with E-state index >= 15 is 0 Å². The van der Waals surface area contributed by atoms with Gasteiger partial charge in [-0.25, -0.2) is 23.1 Å². The van der Waals surface area contributed by atoms with Gasteiger partial charge in [-0.15, -0.1) is 11.3 Å². The predicted molar refractivity (Wildman–Crippen MR) is 106 cm³/mol. The maximum atomic E-state index is 14.0. The minimum absolute atomic E-state index is 0.0822. The largest absolute Gasteiger partial charge is 0.508 e. The first-order valence-electron chi connectivity index (χ1n) is 7.96. The highest BCUT2D eigenvalue weighted by Gasteiger charge is 2.19. The Hall–Kier alpha value is -2.56. The molecule has 4 rings (SSSR count). The predicted octanol–water partition coefficient (Wildman–Crippen LogP) is 4.91. The Balaban J connectivity index is 1.85. The van der Waals surface area contributed by atoms with E-state index in [0.717, 1.165) is 23.1 Å². The van der Waals surface area contributed by atoms with Crippen molar-refractivity contribution in [3.63, 3.8) is 0 Å². The third-order valence-electron chi connectivity index (χ3n) is 3.96. The van der Waals surface area contributed by atoms with Crippen LogP contribution in [0.25, 0.3) is 16.0 Å². The highest BCUT2D eigenvalue weighted by Crippen LogP contribution is 2.31. The Bertz CT molecular complexity index is 1290. The number of fused-ring (bicyclic) bond motifs is 1. The van der Waals surface area contributed by atoms with E-state index < -0.39 is 23.0 Å². The lowest BCUT2D eigenvalue weighted by molar-refractivity contribution is 0.475. The van der Waals surface area contributed by atoms with E-state index in [4.69, 9.17) is 11.6 Å². The smallest absolute Gasteiger partial charge is 0.278 e. The first kappa shape index (κ1) is 19.7. The number of nitrogens with zero attached hydrogens (tertiary/aromatic N) is 3. The number of halogens is 4. The number of thiazole rings is 1. The Labute approximate surface area is 174 Å². The number of benzene rings is 2. The van der Waals surface area contributed by atoms with Crippen molar-refractivity contribution in [2.75, 3.05) is 0 Å². The molecule has 148 valence electrons. The standard InChI is InChI=1S/C18H9ClF3N3O2S2/c19-11-5-9(26)1-2-14(11)25-17(27)15-16(23-7-29-15)24-18(25)28-6-10-12(21)3-8(20)4-13(10)22/h1-5,7,26H,6H2. The summed E-state index contributed by atoms with van der Waals surface area (Å²) in [5.41, 5.74) is 1.06. The van der Waals surface area contributed by atoms with Gasteiger partial charge in [0.05, 0.1) is 16.2 Å². The minimum atomic E-state index is -1.04. The molecule has 5 nitrogen and oxygen atoms in total.